The van der Waals surface area contributed by atoms with Gasteiger partial charge in [-0.25, -0.2) is 9.37 Å². The number of aromatic nitrogens is 1. The summed E-state index contributed by atoms with van der Waals surface area (Å²) >= 11 is 1.88. The highest BCUT2D eigenvalue weighted by Crippen LogP contribution is 2.36. The highest BCUT2D eigenvalue weighted by Gasteiger charge is 2.27. The van der Waals surface area contributed by atoms with E-state index in [0.717, 1.165) is 18.8 Å². The zero-order chi connectivity index (χ0) is 16.5. The predicted molar refractivity (Wildman–Crippen MR) is 93.3 cm³/mol. The molecule has 0 aliphatic carbocycles. The second kappa shape index (κ2) is 6.49. The van der Waals surface area contributed by atoms with Crippen molar-refractivity contribution < 1.29 is 8.81 Å². The number of aryl methyl sites for hydroxylation is 1. The Balaban J connectivity index is 1.51. The number of benzene rings is 1. The number of nitrogens with zero attached hydrogens (tertiary/aromatic N) is 2. The Morgan fingerprint density at radius 3 is 3.04 bits per heavy atom. The number of likely N-dealkylation sites (tertiary alicyclic amines) is 1. The van der Waals surface area contributed by atoms with Gasteiger partial charge in [-0.15, -0.1) is 11.3 Å². The summed E-state index contributed by atoms with van der Waals surface area (Å²) in [5.41, 5.74) is 1.57. The van der Waals surface area contributed by atoms with E-state index in [-0.39, 0.29) is 5.82 Å². The van der Waals surface area contributed by atoms with Crippen molar-refractivity contribution in [3.8, 4) is 11.5 Å². The van der Waals surface area contributed by atoms with E-state index in [1.807, 2.05) is 17.4 Å². The quantitative estimate of drug-likeness (QED) is 0.653. The van der Waals surface area contributed by atoms with E-state index in [1.54, 1.807) is 12.3 Å². The molecule has 0 bridgehead atoms. The van der Waals surface area contributed by atoms with E-state index in [4.69, 9.17) is 4.42 Å². The van der Waals surface area contributed by atoms with Crippen molar-refractivity contribution >= 4 is 11.3 Å². The molecule has 1 unspecified atom stereocenters. The molecule has 124 valence electrons. The number of rotatable bonds is 4. The van der Waals surface area contributed by atoms with Crippen LogP contribution in [-0.4, -0.2) is 16.4 Å². The molecule has 24 heavy (non-hydrogen) atoms. The van der Waals surface area contributed by atoms with Crippen molar-refractivity contribution in [2.45, 2.75) is 32.4 Å². The van der Waals surface area contributed by atoms with Crippen LogP contribution in [0.1, 0.15) is 34.3 Å². The molecule has 0 spiro atoms. The van der Waals surface area contributed by atoms with E-state index in [2.05, 4.69) is 28.9 Å². The van der Waals surface area contributed by atoms with Gasteiger partial charge in [0.05, 0.1) is 5.69 Å². The molecule has 1 atom stereocenters. The first-order valence-electron chi connectivity index (χ1n) is 8.20. The van der Waals surface area contributed by atoms with Gasteiger partial charge in [0.2, 0.25) is 5.89 Å². The summed E-state index contributed by atoms with van der Waals surface area (Å²) in [5.74, 6) is 0.201. The summed E-state index contributed by atoms with van der Waals surface area (Å²) in [6.07, 6.45) is 4.08. The van der Waals surface area contributed by atoms with Crippen LogP contribution >= 0.6 is 11.3 Å². The maximum Gasteiger partial charge on any atom is 0.226 e. The number of hydrogen-bond donors (Lipinski definition) is 0. The smallest absolute Gasteiger partial charge is 0.226 e. The Labute approximate surface area is 144 Å². The summed E-state index contributed by atoms with van der Waals surface area (Å²) in [6.45, 7) is 3.99. The Kier molecular flexibility index (Phi) is 4.21. The van der Waals surface area contributed by atoms with Gasteiger partial charge in [0.15, 0.2) is 0 Å². The lowest BCUT2D eigenvalue weighted by molar-refractivity contribution is 0.248. The van der Waals surface area contributed by atoms with E-state index in [9.17, 15) is 4.39 Å². The molecule has 1 aromatic carbocycles. The van der Waals surface area contributed by atoms with E-state index in [1.165, 1.54) is 34.7 Å². The Bertz CT molecular complexity index is 841. The van der Waals surface area contributed by atoms with Crippen molar-refractivity contribution in [1.82, 2.24) is 9.88 Å². The summed E-state index contributed by atoms with van der Waals surface area (Å²) in [6, 6.07) is 11.3. The maximum atomic E-state index is 13.4. The fraction of sp³-hybridized carbons (Fsp3) is 0.316. The Morgan fingerprint density at radius 2 is 2.25 bits per heavy atom. The van der Waals surface area contributed by atoms with Crippen LogP contribution in [-0.2, 0) is 6.54 Å². The van der Waals surface area contributed by atoms with Crippen LogP contribution in [0.5, 0.6) is 0 Å². The van der Waals surface area contributed by atoms with Gasteiger partial charge in [-0.1, -0.05) is 6.07 Å². The normalized spacial score (nSPS) is 18.3. The minimum atomic E-state index is -0.278. The summed E-state index contributed by atoms with van der Waals surface area (Å²) in [5, 5.41) is 0. The first kappa shape index (κ1) is 15.5. The topological polar surface area (TPSA) is 29.3 Å². The average molecular weight is 342 g/mol. The van der Waals surface area contributed by atoms with Gasteiger partial charge in [-0.3, -0.25) is 4.90 Å². The maximum absolute atomic E-state index is 13.4. The minimum absolute atomic E-state index is 0.278. The zero-order valence-corrected chi connectivity index (χ0v) is 14.4. The number of halogens is 1. The Morgan fingerprint density at radius 1 is 1.33 bits per heavy atom. The molecule has 1 saturated heterocycles. The molecule has 0 radical (unpaired) electrons. The molecular formula is C19H19FN2OS. The van der Waals surface area contributed by atoms with Gasteiger partial charge in [0.1, 0.15) is 12.1 Å². The molecule has 5 heteroatoms. The molecule has 0 saturated carbocycles. The molecule has 3 nitrogen and oxygen atoms in total. The summed E-state index contributed by atoms with van der Waals surface area (Å²) in [4.78, 5) is 9.79. The fourth-order valence-electron chi connectivity index (χ4n) is 3.31. The lowest BCUT2D eigenvalue weighted by Gasteiger charge is -2.22. The largest absolute Gasteiger partial charge is 0.444 e. The van der Waals surface area contributed by atoms with Gasteiger partial charge in [-0.05, 0) is 56.6 Å². The molecule has 1 fully saturated rings. The Hall–Kier alpha value is -1.98. The summed E-state index contributed by atoms with van der Waals surface area (Å²) in [7, 11) is 0. The lowest BCUT2D eigenvalue weighted by Crippen LogP contribution is -2.22. The molecule has 3 heterocycles. The fourth-order valence-corrected chi connectivity index (χ4v) is 4.36. The SMILES string of the molecule is Cc1ccc(C2CCCN2Cc2coc(-c3cccc(F)c3)n2)s1. The minimum Gasteiger partial charge on any atom is -0.444 e. The highest BCUT2D eigenvalue weighted by molar-refractivity contribution is 7.12. The third-order valence-corrected chi connectivity index (χ3v) is 5.54. The molecule has 0 N–H and O–H groups in total. The van der Waals surface area contributed by atoms with E-state index in [0.29, 0.717) is 17.5 Å². The second-order valence-corrected chi connectivity index (χ2v) is 7.55. The van der Waals surface area contributed by atoms with Crippen LogP contribution in [0.25, 0.3) is 11.5 Å². The predicted octanol–water partition coefficient (Wildman–Crippen LogP) is 5.19. The number of thiophene rings is 1. The first-order valence-corrected chi connectivity index (χ1v) is 9.01. The molecule has 1 aliphatic rings. The number of hydrogen-bond acceptors (Lipinski definition) is 4. The molecular weight excluding hydrogens is 323 g/mol. The monoisotopic (exact) mass is 342 g/mol. The highest BCUT2D eigenvalue weighted by atomic mass is 32.1. The zero-order valence-electron chi connectivity index (χ0n) is 13.5. The van der Waals surface area contributed by atoms with Gasteiger partial charge >= 0.3 is 0 Å². The third kappa shape index (κ3) is 3.14. The van der Waals surface area contributed by atoms with Crippen LogP contribution in [0.4, 0.5) is 4.39 Å². The molecule has 3 aromatic rings. The van der Waals surface area contributed by atoms with Crippen molar-refractivity contribution in [3.63, 3.8) is 0 Å². The average Bonchev–Trinajstić information content (AvgIpc) is 3.28. The van der Waals surface area contributed by atoms with E-state index < -0.39 is 0 Å². The molecule has 1 aliphatic heterocycles. The second-order valence-electron chi connectivity index (χ2n) is 6.23. The van der Waals surface area contributed by atoms with Crippen LogP contribution in [0, 0.1) is 12.7 Å². The standard InChI is InChI=1S/C19H19FN2OS/c1-13-7-8-18(24-13)17-6-3-9-22(17)11-16-12-23-19(21-16)14-4-2-5-15(20)10-14/h2,4-5,7-8,10,12,17H,3,6,9,11H2,1H3. The molecule has 2 aromatic heterocycles. The van der Waals surface area contributed by atoms with Crippen LogP contribution in [0.3, 0.4) is 0 Å². The summed E-state index contributed by atoms with van der Waals surface area (Å²) < 4.78 is 18.9. The van der Waals surface area contributed by atoms with Gasteiger partial charge < -0.3 is 4.42 Å². The first-order chi connectivity index (χ1) is 11.7. The van der Waals surface area contributed by atoms with Gasteiger partial charge in [0.25, 0.3) is 0 Å². The third-order valence-electron chi connectivity index (χ3n) is 4.44. The van der Waals surface area contributed by atoms with Crippen molar-refractivity contribution in [1.29, 1.82) is 0 Å². The molecule has 0 amide bonds. The van der Waals surface area contributed by atoms with E-state index >= 15 is 0 Å². The van der Waals surface area contributed by atoms with Crippen molar-refractivity contribution in [2.75, 3.05) is 6.54 Å². The van der Waals surface area contributed by atoms with Gasteiger partial charge in [-0.2, -0.15) is 0 Å². The van der Waals surface area contributed by atoms with Gasteiger partial charge in [0, 0.05) is 27.9 Å². The van der Waals surface area contributed by atoms with Crippen LogP contribution in [0.2, 0.25) is 0 Å². The van der Waals surface area contributed by atoms with Crippen molar-refractivity contribution in [2.24, 2.45) is 0 Å². The lowest BCUT2D eigenvalue weighted by atomic mass is 10.2. The van der Waals surface area contributed by atoms with Crippen LogP contribution in [0.15, 0.2) is 47.1 Å². The van der Waals surface area contributed by atoms with Crippen LogP contribution < -0.4 is 0 Å². The molecule has 4 rings (SSSR count). The van der Waals surface area contributed by atoms with Crippen molar-refractivity contribution in [3.05, 3.63) is 63.9 Å². The number of oxazole rings is 1.